The zero-order valence-corrected chi connectivity index (χ0v) is 20.4. The van der Waals surface area contributed by atoms with Gasteiger partial charge in [-0.05, 0) is 83.6 Å². The van der Waals surface area contributed by atoms with Crippen LogP contribution < -0.4 is 0 Å². The van der Waals surface area contributed by atoms with E-state index in [1.54, 1.807) is 0 Å². The molecule has 1 N–H and O–H groups in total. The molecular formula is C26H31ClN2O3. The number of pyridine rings is 1. The fraction of sp³-hybridized carbons (Fsp3) is 0.462. The molecule has 32 heavy (non-hydrogen) atoms. The highest BCUT2D eigenvalue weighted by Crippen LogP contribution is 2.43. The van der Waals surface area contributed by atoms with Crippen LogP contribution in [0.2, 0.25) is 5.02 Å². The van der Waals surface area contributed by atoms with Crippen LogP contribution in [0.4, 0.5) is 0 Å². The molecule has 6 heteroatoms. The number of aryl methyl sites for hydroxylation is 2. The Kier molecular flexibility index (Phi) is 5.84. The van der Waals surface area contributed by atoms with Crippen molar-refractivity contribution in [1.82, 2.24) is 9.55 Å². The number of rotatable bonds is 6. The van der Waals surface area contributed by atoms with Crippen LogP contribution in [0.5, 0.6) is 0 Å². The van der Waals surface area contributed by atoms with Crippen molar-refractivity contribution < 1.29 is 14.6 Å². The van der Waals surface area contributed by atoms with Gasteiger partial charge < -0.3 is 14.4 Å². The van der Waals surface area contributed by atoms with Gasteiger partial charge in [-0.2, -0.15) is 0 Å². The van der Waals surface area contributed by atoms with Crippen LogP contribution >= 0.6 is 11.6 Å². The van der Waals surface area contributed by atoms with E-state index >= 15 is 0 Å². The summed E-state index contributed by atoms with van der Waals surface area (Å²) in [6.07, 6.45) is 1.36. The molecule has 0 amide bonds. The van der Waals surface area contributed by atoms with E-state index in [9.17, 15) is 9.90 Å². The molecule has 0 unspecified atom stereocenters. The first-order valence-corrected chi connectivity index (χ1v) is 11.5. The van der Waals surface area contributed by atoms with Crippen LogP contribution in [0.3, 0.4) is 0 Å². The van der Waals surface area contributed by atoms with Gasteiger partial charge >= 0.3 is 5.97 Å². The van der Waals surface area contributed by atoms with Crippen molar-refractivity contribution in [2.45, 2.75) is 72.6 Å². The molecule has 2 aromatic heterocycles. The van der Waals surface area contributed by atoms with Crippen LogP contribution in [0, 0.1) is 26.7 Å². The Balaban J connectivity index is 2.08. The molecule has 170 valence electrons. The zero-order chi connectivity index (χ0) is 23.4. The maximum Gasteiger partial charge on any atom is 0.337 e. The standard InChI is InChI=1S/C26H31ClN2O3/c1-14-16(3)29(13-17-7-8-17)24-20(14)22(18-9-11-19(27)12-10-18)21(15(2)28-24)23(25(30)31)32-26(4,5)6/h9-12,17,23H,7-8,13H2,1-6H3,(H,30,31)/t23-/m1/s1. The average molecular weight is 455 g/mol. The predicted octanol–water partition coefficient (Wildman–Crippen LogP) is 6.63. The molecule has 0 spiro atoms. The second-order valence-electron chi connectivity index (χ2n) is 9.90. The van der Waals surface area contributed by atoms with Gasteiger partial charge in [-0.3, -0.25) is 0 Å². The molecule has 0 bridgehead atoms. The minimum Gasteiger partial charge on any atom is -0.479 e. The lowest BCUT2D eigenvalue weighted by atomic mass is 9.91. The third-order valence-corrected chi connectivity index (χ3v) is 6.47. The van der Waals surface area contributed by atoms with Gasteiger partial charge in [0, 0.05) is 39.5 Å². The number of ether oxygens (including phenoxy) is 1. The first-order chi connectivity index (χ1) is 15.0. The Hall–Kier alpha value is -2.37. The second-order valence-corrected chi connectivity index (χ2v) is 10.3. The van der Waals surface area contributed by atoms with Gasteiger partial charge in [0.1, 0.15) is 5.65 Å². The molecule has 1 aromatic carbocycles. The minimum absolute atomic E-state index is 0.605. The van der Waals surface area contributed by atoms with E-state index in [0.717, 1.165) is 34.3 Å². The van der Waals surface area contributed by atoms with Crippen molar-refractivity contribution in [1.29, 1.82) is 0 Å². The van der Waals surface area contributed by atoms with Crippen molar-refractivity contribution in [3.8, 4) is 11.1 Å². The SMILES string of the molecule is Cc1nc2c(c(C)c(C)n2CC2CC2)c(-c2ccc(Cl)cc2)c1[C@@H](OC(C)(C)C)C(=O)O. The van der Waals surface area contributed by atoms with E-state index in [4.69, 9.17) is 21.3 Å². The van der Waals surface area contributed by atoms with Crippen molar-refractivity contribution in [3.05, 3.63) is 51.8 Å². The number of aliphatic carboxylic acids is 1. The number of benzene rings is 1. The van der Waals surface area contributed by atoms with E-state index in [2.05, 4.69) is 18.4 Å². The molecule has 1 aliphatic rings. The van der Waals surface area contributed by atoms with E-state index in [0.29, 0.717) is 22.2 Å². The van der Waals surface area contributed by atoms with Gasteiger partial charge in [0.05, 0.1) is 5.60 Å². The lowest BCUT2D eigenvalue weighted by Gasteiger charge is -2.28. The van der Waals surface area contributed by atoms with Crippen LogP contribution in [-0.2, 0) is 16.1 Å². The largest absolute Gasteiger partial charge is 0.479 e. The van der Waals surface area contributed by atoms with Crippen molar-refractivity contribution in [2.75, 3.05) is 0 Å². The summed E-state index contributed by atoms with van der Waals surface area (Å²) >= 11 is 6.18. The van der Waals surface area contributed by atoms with Crippen molar-refractivity contribution in [3.63, 3.8) is 0 Å². The minimum atomic E-state index is -1.14. The highest BCUT2D eigenvalue weighted by atomic mass is 35.5. The molecule has 1 atom stereocenters. The number of halogens is 1. The third-order valence-electron chi connectivity index (χ3n) is 6.21. The van der Waals surface area contributed by atoms with Gasteiger partial charge in [0.15, 0.2) is 6.10 Å². The number of nitrogens with zero attached hydrogens (tertiary/aromatic N) is 2. The number of hydrogen-bond donors (Lipinski definition) is 1. The van der Waals surface area contributed by atoms with E-state index in [1.165, 1.54) is 18.5 Å². The Morgan fingerprint density at radius 1 is 1.22 bits per heavy atom. The Morgan fingerprint density at radius 2 is 1.84 bits per heavy atom. The Labute approximate surface area is 194 Å². The third kappa shape index (κ3) is 4.28. The fourth-order valence-corrected chi connectivity index (χ4v) is 4.53. The van der Waals surface area contributed by atoms with E-state index < -0.39 is 17.7 Å². The summed E-state index contributed by atoms with van der Waals surface area (Å²) in [7, 11) is 0. The maximum absolute atomic E-state index is 12.4. The summed E-state index contributed by atoms with van der Waals surface area (Å²) < 4.78 is 8.38. The summed E-state index contributed by atoms with van der Waals surface area (Å²) in [6.45, 7) is 12.7. The molecule has 0 aliphatic heterocycles. The first kappa shape index (κ1) is 22.8. The highest BCUT2D eigenvalue weighted by molar-refractivity contribution is 6.30. The molecule has 2 heterocycles. The normalized spacial score (nSPS) is 15.3. The molecule has 0 saturated heterocycles. The molecule has 1 saturated carbocycles. The fourth-order valence-electron chi connectivity index (χ4n) is 4.40. The summed E-state index contributed by atoms with van der Waals surface area (Å²) in [5.41, 5.74) is 5.64. The molecule has 3 aromatic rings. The Bertz CT molecular complexity index is 1180. The molecular weight excluding hydrogens is 424 g/mol. The molecule has 1 fully saturated rings. The first-order valence-electron chi connectivity index (χ1n) is 11.1. The summed E-state index contributed by atoms with van der Waals surface area (Å²) in [4.78, 5) is 17.4. The molecule has 5 nitrogen and oxygen atoms in total. The molecule has 1 aliphatic carbocycles. The summed E-state index contributed by atoms with van der Waals surface area (Å²) in [6, 6.07) is 7.57. The van der Waals surface area contributed by atoms with Gasteiger partial charge in [0.2, 0.25) is 0 Å². The number of carbonyl (C=O) groups is 1. The predicted molar refractivity (Wildman–Crippen MR) is 128 cm³/mol. The summed E-state index contributed by atoms with van der Waals surface area (Å²) in [5.74, 6) is -0.327. The van der Waals surface area contributed by atoms with Gasteiger partial charge in [-0.1, -0.05) is 23.7 Å². The van der Waals surface area contributed by atoms with Crippen LogP contribution in [0.1, 0.15) is 62.2 Å². The lowest BCUT2D eigenvalue weighted by Crippen LogP contribution is -2.28. The number of fused-ring (bicyclic) bond motifs is 1. The lowest BCUT2D eigenvalue weighted by molar-refractivity contribution is -0.160. The topological polar surface area (TPSA) is 64.4 Å². The van der Waals surface area contributed by atoms with E-state index in [1.807, 2.05) is 52.0 Å². The van der Waals surface area contributed by atoms with E-state index in [-0.39, 0.29) is 0 Å². The number of carboxylic acid groups (broad SMARTS) is 1. The average Bonchev–Trinajstić information content (AvgIpc) is 3.49. The van der Waals surface area contributed by atoms with Crippen LogP contribution in [0.15, 0.2) is 24.3 Å². The van der Waals surface area contributed by atoms with Gasteiger partial charge in [0.25, 0.3) is 0 Å². The quantitative estimate of drug-likeness (QED) is 0.453. The van der Waals surface area contributed by atoms with Crippen molar-refractivity contribution >= 4 is 28.6 Å². The monoisotopic (exact) mass is 454 g/mol. The van der Waals surface area contributed by atoms with Crippen LogP contribution in [0.25, 0.3) is 22.2 Å². The molecule has 4 rings (SSSR count). The number of aromatic nitrogens is 2. The zero-order valence-electron chi connectivity index (χ0n) is 19.6. The number of carboxylic acids is 1. The Morgan fingerprint density at radius 3 is 2.38 bits per heavy atom. The van der Waals surface area contributed by atoms with Gasteiger partial charge in [-0.15, -0.1) is 0 Å². The van der Waals surface area contributed by atoms with Crippen LogP contribution in [-0.4, -0.2) is 26.2 Å². The highest BCUT2D eigenvalue weighted by Gasteiger charge is 2.34. The van der Waals surface area contributed by atoms with Gasteiger partial charge in [-0.25, -0.2) is 9.78 Å². The smallest absolute Gasteiger partial charge is 0.337 e. The summed E-state index contributed by atoms with van der Waals surface area (Å²) in [5, 5.41) is 11.8. The number of hydrogen-bond acceptors (Lipinski definition) is 3. The molecule has 0 radical (unpaired) electrons. The second kappa shape index (κ2) is 8.20. The maximum atomic E-state index is 12.4. The van der Waals surface area contributed by atoms with Crippen molar-refractivity contribution in [2.24, 2.45) is 5.92 Å².